The van der Waals surface area contributed by atoms with E-state index in [0.717, 1.165) is 22.4 Å². The van der Waals surface area contributed by atoms with E-state index in [1.807, 2.05) is 34.9 Å². The smallest absolute Gasteiger partial charge is 0.203 e. The molecule has 3 heterocycles. The van der Waals surface area contributed by atoms with Crippen molar-refractivity contribution in [2.75, 3.05) is 32.3 Å². The topological polar surface area (TPSA) is 123 Å². The number of pyridine rings is 2. The largest absolute Gasteiger partial charge is 0.493 e. The van der Waals surface area contributed by atoms with Crippen LogP contribution in [0.2, 0.25) is 0 Å². The van der Waals surface area contributed by atoms with Crippen LogP contribution in [0.1, 0.15) is 0 Å². The highest BCUT2D eigenvalue weighted by molar-refractivity contribution is 5.76. The number of fused-ring (bicyclic) bond motifs is 1. The molecule has 0 saturated carbocycles. The fourth-order valence-corrected chi connectivity index (χ4v) is 3.19. The first-order chi connectivity index (χ1) is 14.6. The minimum atomic E-state index is 0.347. The number of hydrogen-bond donors (Lipinski definition) is 2. The Morgan fingerprint density at radius 3 is 2.30 bits per heavy atom. The van der Waals surface area contributed by atoms with Crippen LogP contribution in [0.4, 0.5) is 11.6 Å². The molecule has 0 unspecified atom stereocenters. The van der Waals surface area contributed by atoms with E-state index in [1.165, 1.54) is 0 Å². The van der Waals surface area contributed by atoms with Crippen LogP contribution >= 0.6 is 0 Å². The molecule has 0 saturated heterocycles. The zero-order chi connectivity index (χ0) is 21.1. The van der Waals surface area contributed by atoms with E-state index in [0.29, 0.717) is 42.0 Å². The van der Waals surface area contributed by atoms with E-state index >= 15 is 0 Å². The molecule has 4 rings (SSSR count). The van der Waals surface area contributed by atoms with Crippen LogP contribution in [0.3, 0.4) is 0 Å². The minimum absolute atomic E-state index is 0.347. The number of ether oxygens (including phenoxy) is 3. The first kappa shape index (κ1) is 19.3. The monoisotopic (exact) mass is 406 g/mol. The number of methoxy groups -OCH3 is 2. The number of nitrogen functional groups attached to an aromatic ring is 2. The van der Waals surface area contributed by atoms with Gasteiger partial charge in [-0.15, -0.1) is 0 Å². The summed E-state index contributed by atoms with van der Waals surface area (Å²) in [5.74, 6) is 2.47. The summed E-state index contributed by atoms with van der Waals surface area (Å²) < 4.78 is 18.6. The van der Waals surface area contributed by atoms with Gasteiger partial charge < -0.3 is 30.2 Å². The molecule has 1 aromatic carbocycles. The van der Waals surface area contributed by atoms with E-state index < -0.39 is 0 Å². The molecule has 4 N–H and O–H groups in total. The van der Waals surface area contributed by atoms with Crippen molar-refractivity contribution in [2.45, 2.75) is 6.54 Å². The molecule has 0 radical (unpaired) electrons. The Balaban J connectivity index is 1.57. The normalized spacial score (nSPS) is 10.9. The predicted molar refractivity (Wildman–Crippen MR) is 115 cm³/mol. The molecule has 0 aliphatic heterocycles. The summed E-state index contributed by atoms with van der Waals surface area (Å²) in [6.45, 7) is 0.915. The van der Waals surface area contributed by atoms with E-state index in [4.69, 9.17) is 30.7 Å². The van der Waals surface area contributed by atoms with Crippen LogP contribution in [0.5, 0.6) is 17.2 Å². The molecular formula is C21H22N6O3. The van der Waals surface area contributed by atoms with Gasteiger partial charge in [0.2, 0.25) is 5.75 Å². The molecule has 154 valence electrons. The molecule has 9 nitrogen and oxygen atoms in total. The van der Waals surface area contributed by atoms with Crippen LogP contribution in [0.25, 0.3) is 22.4 Å². The molecule has 0 spiro atoms. The first-order valence-corrected chi connectivity index (χ1v) is 9.28. The lowest BCUT2D eigenvalue weighted by atomic mass is 10.1. The molecule has 4 aromatic rings. The number of imidazole rings is 1. The molecule has 0 aliphatic rings. The van der Waals surface area contributed by atoms with Gasteiger partial charge in [-0.1, -0.05) is 6.07 Å². The van der Waals surface area contributed by atoms with Crippen molar-refractivity contribution in [1.29, 1.82) is 0 Å². The van der Waals surface area contributed by atoms with Crippen molar-refractivity contribution >= 4 is 22.8 Å². The third kappa shape index (κ3) is 3.77. The Hall–Kier alpha value is -4.01. The van der Waals surface area contributed by atoms with Crippen molar-refractivity contribution in [3.63, 3.8) is 0 Å². The molecule has 3 aromatic heterocycles. The van der Waals surface area contributed by atoms with Gasteiger partial charge in [0.1, 0.15) is 23.8 Å². The van der Waals surface area contributed by atoms with Gasteiger partial charge in [-0.05, 0) is 36.4 Å². The Kier molecular flexibility index (Phi) is 5.25. The highest BCUT2D eigenvalue weighted by atomic mass is 16.5. The fraction of sp³-hybridized carbons (Fsp3) is 0.190. The lowest BCUT2D eigenvalue weighted by Gasteiger charge is -2.14. The quantitative estimate of drug-likeness (QED) is 0.480. The van der Waals surface area contributed by atoms with Gasteiger partial charge in [0.15, 0.2) is 17.1 Å². The molecule has 0 bridgehead atoms. The third-order valence-electron chi connectivity index (χ3n) is 4.58. The maximum absolute atomic E-state index is 5.95. The summed E-state index contributed by atoms with van der Waals surface area (Å²) in [5, 5.41) is 0. The highest BCUT2D eigenvalue weighted by Gasteiger charge is 2.12. The van der Waals surface area contributed by atoms with Crippen molar-refractivity contribution in [2.24, 2.45) is 0 Å². The highest BCUT2D eigenvalue weighted by Crippen LogP contribution is 2.36. The van der Waals surface area contributed by atoms with Crippen LogP contribution < -0.4 is 25.7 Å². The second-order valence-electron chi connectivity index (χ2n) is 6.52. The van der Waals surface area contributed by atoms with E-state index in [-0.39, 0.29) is 0 Å². The van der Waals surface area contributed by atoms with Crippen LogP contribution in [0.15, 0.2) is 48.8 Å². The number of para-hydroxylation sites is 1. The van der Waals surface area contributed by atoms with Gasteiger partial charge in [-0.2, -0.15) is 0 Å². The Bertz CT molecular complexity index is 1150. The number of aromatic nitrogens is 4. The van der Waals surface area contributed by atoms with Crippen molar-refractivity contribution < 1.29 is 14.2 Å². The number of benzene rings is 1. The Labute approximate surface area is 173 Å². The van der Waals surface area contributed by atoms with E-state index in [1.54, 1.807) is 32.7 Å². The SMILES string of the molecule is COc1cccc(OC)c1OCCn1cnc2ccc(-c3cc(N)nc(N)c3)nc21. The molecular weight excluding hydrogens is 384 g/mol. The zero-order valence-electron chi connectivity index (χ0n) is 16.7. The van der Waals surface area contributed by atoms with Gasteiger partial charge in [0, 0.05) is 5.56 Å². The number of anilines is 2. The zero-order valence-corrected chi connectivity index (χ0v) is 16.7. The predicted octanol–water partition coefficient (Wildman–Crippen LogP) is 2.75. The lowest BCUT2D eigenvalue weighted by Crippen LogP contribution is -2.09. The molecule has 0 aliphatic carbocycles. The standard InChI is InChI=1S/C21H22N6O3/c1-28-16-4-3-5-17(29-2)20(16)30-9-8-27-12-24-15-7-6-14(25-21(15)27)13-10-18(22)26-19(23)11-13/h3-7,10-12H,8-9H2,1-2H3,(H4,22,23,26). The van der Waals surface area contributed by atoms with Crippen molar-refractivity contribution in [3.05, 3.63) is 48.8 Å². The summed E-state index contributed by atoms with van der Waals surface area (Å²) in [7, 11) is 3.18. The molecule has 9 heteroatoms. The fourth-order valence-electron chi connectivity index (χ4n) is 3.19. The van der Waals surface area contributed by atoms with Crippen molar-refractivity contribution in [1.82, 2.24) is 19.5 Å². The van der Waals surface area contributed by atoms with Gasteiger partial charge in [0.25, 0.3) is 0 Å². The van der Waals surface area contributed by atoms with Gasteiger partial charge in [-0.3, -0.25) is 0 Å². The summed E-state index contributed by atoms with van der Waals surface area (Å²) >= 11 is 0. The second-order valence-corrected chi connectivity index (χ2v) is 6.52. The Morgan fingerprint density at radius 2 is 1.63 bits per heavy atom. The maximum atomic E-state index is 5.95. The van der Waals surface area contributed by atoms with E-state index in [9.17, 15) is 0 Å². The lowest BCUT2D eigenvalue weighted by molar-refractivity contribution is 0.264. The van der Waals surface area contributed by atoms with Crippen molar-refractivity contribution in [3.8, 4) is 28.5 Å². The van der Waals surface area contributed by atoms with Crippen LogP contribution in [-0.4, -0.2) is 40.3 Å². The first-order valence-electron chi connectivity index (χ1n) is 9.28. The number of rotatable bonds is 7. The second kappa shape index (κ2) is 8.16. The molecule has 0 fully saturated rings. The summed E-state index contributed by atoms with van der Waals surface area (Å²) in [4.78, 5) is 13.2. The average molecular weight is 406 g/mol. The molecule has 0 amide bonds. The molecule has 30 heavy (non-hydrogen) atoms. The Morgan fingerprint density at radius 1 is 0.933 bits per heavy atom. The number of nitrogens with two attached hydrogens (primary N) is 2. The maximum Gasteiger partial charge on any atom is 0.203 e. The third-order valence-corrected chi connectivity index (χ3v) is 4.58. The number of nitrogens with zero attached hydrogens (tertiary/aromatic N) is 4. The number of hydrogen-bond acceptors (Lipinski definition) is 8. The summed E-state index contributed by atoms with van der Waals surface area (Å²) in [5.41, 5.74) is 14.7. The molecule has 0 atom stereocenters. The summed E-state index contributed by atoms with van der Waals surface area (Å²) in [6.07, 6.45) is 1.74. The van der Waals surface area contributed by atoms with Crippen LogP contribution in [0, 0.1) is 0 Å². The minimum Gasteiger partial charge on any atom is -0.493 e. The van der Waals surface area contributed by atoms with Crippen LogP contribution in [-0.2, 0) is 6.54 Å². The van der Waals surface area contributed by atoms with Gasteiger partial charge in [-0.25, -0.2) is 15.0 Å². The van der Waals surface area contributed by atoms with Gasteiger partial charge >= 0.3 is 0 Å². The average Bonchev–Trinajstić information content (AvgIpc) is 3.15. The van der Waals surface area contributed by atoms with Gasteiger partial charge in [0.05, 0.1) is 32.8 Å². The summed E-state index contributed by atoms with van der Waals surface area (Å²) in [6, 6.07) is 12.8. The van der Waals surface area contributed by atoms with E-state index in [2.05, 4.69) is 9.97 Å².